The Morgan fingerprint density at radius 1 is 1.31 bits per heavy atom. The highest BCUT2D eigenvalue weighted by Gasteiger charge is 2.14. The van der Waals surface area contributed by atoms with Crippen LogP contribution < -0.4 is 5.32 Å². The molecule has 1 aliphatic rings. The summed E-state index contributed by atoms with van der Waals surface area (Å²) < 4.78 is 4.35. The summed E-state index contributed by atoms with van der Waals surface area (Å²) >= 11 is 1.49. The molecule has 1 aromatic rings. The molecule has 1 heterocycles. The lowest BCUT2D eigenvalue weighted by atomic mass is 9.89. The van der Waals surface area contributed by atoms with Crippen LogP contribution in [-0.4, -0.2) is 15.9 Å². The van der Waals surface area contributed by atoms with Gasteiger partial charge in [-0.3, -0.25) is 0 Å². The molecule has 1 saturated carbocycles. The van der Waals surface area contributed by atoms with Gasteiger partial charge in [0.05, 0.1) is 0 Å². The summed E-state index contributed by atoms with van der Waals surface area (Å²) in [6.07, 6.45) is 6.98. The van der Waals surface area contributed by atoms with Crippen molar-refractivity contribution in [2.24, 2.45) is 5.92 Å². The number of nitrogens with zero attached hydrogens (tertiary/aromatic N) is 2. The molecule has 1 N–H and O–H groups in total. The second kappa shape index (κ2) is 5.62. The molecule has 90 valence electrons. The van der Waals surface area contributed by atoms with Crippen LogP contribution in [0.2, 0.25) is 0 Å². The Bertz CT molecular complexity index is 316. The molecule has 1 aromatic heterocycles. The highest BCUT2D eigenvalue weighted by Crippen LogP contribution is 2.24. The van der Waals surface area contributed by atoms with Gasteiger partial charge in [-0.2, -0.15) is 4.37 Å². The van der Waals surface area contributed by atoms with Crippen LogP contribution in [0.25, 0.3) is 0 Å². The van der Waals surface area contributed by atoms with E-state index in [4.69, 9.17) is 0 Å². The fourth-order valence-corrected chi connectivity index (χ4v) is 2.88. The number of anilines is 1. The SMILES string of the molecule is CC(C)c1nsc(NCC2CCCCC2)n1. The zero-order valence-corrected chi connectivity index (χ0v) is 11.0. The van der Waals surface area contributed by atoms with Crippen molar-refractivity contribution in [2.45, 2.75) is 51.9 Å². The highest BCUT2D eigenvalue weighted by atomic mass is 32.1. The van der Waals surface area contributed by atoms with Crippen LogP contribution in [0.1, 0.15) is 57.7 Å². The van der Waals surface area contributed by atoms with Crippen molar-refractivity contribution in [1.29, 1.82) is 0 Å². The van der Waals surface area contributed by atoms with Gasteiger partial charge in [-0.1, -0.05) is 33.1 Å². The first-order valence-electron chi connectivity index (χ1n) is 6.33. The van der Waals surface area contributed by atoms with Crippen molar-refractivity contribution >= 4 is 16.7 Å². The average Bonchev–Trinajstić information content (AvgIpc) is 2.76. The topological polar surface area (TPSA) is 37.8 Å². The molecular formula is C12H21N3S. The van der Waals surface area contributed by atoms with Gasteiger partial charge in [0.1, 0.15) is 5.82 Å². The predicted octanol–water partition coefficient (Wildman–Crippen LogP) is 3.65. The van der Waals surface area contributed by atoms with Crippen molar-refractivity contribution in [1.82, 2.24) is 9.36 Å². The van der Waals surface area contributed by atoms with Crippen molar-refractivity contribution in [3.63, 3.8) is 0 Å². The Balaban J connectivity index is 1.79. The van der Waals surface area contributed by atoms with Gasteiger partial charge in [-0.25, -0.2) is 4.98 Å². The van der Waals surface area contributed by atoms with Crippen molar-refractivity contribution in [2.75, 3.05) is 11.9 Å². The lowest BCUT2D eigenvalue weighted by Gasteiger charge is -2.21. The van der Waals surface area contributed by atoms with E-state index in [0.717, 1.165) is 23.4 Å². The normalized spacial score (nSPS) is 17.9. The van der Waals surface area contributed by atoms with Crippen LogP contribution in [0, 0.1) is 5.92 Å². The van der Waals surface area contributed by atoms with E-state index in [1.807, 2.05) is 0 Å². The van der Waals surface area contributed by atoms with Gasteiger partial charge in [0.25, 0.3) is 0 Å². The number of aromatic nitrogens is 2. The second-order valence-electron chi connectivity index (χ2n) is 5.00. The molecule has 3 nitrogen and oxygen atoms in total. The molecule has 2 rings (SSSR count). The Morgan fingerprint density at radius 2 is 2.06 bits per heavy atom. The largest absolute Gasteiger partial charge is 0.360 e. The van der Waals surface area contributed by atoms with Gasteiger partial charge in [-0.15, -0.1) is 0 Å². The van der Waals surface area contributed by atoms with Crippen molar-refractivity contribution in [3.05, 3.63) is 5.82 Å². The standard InChI is InChI=1S/C12H21N3S/c1-9(2)11-14-12(16-15-11)13-8-10-6-4-3-5-7-10/h9-10H,3-8H2,1-2H3,(H,13,14,15). The van der Waals surface area contributed by atoms with Gasteiger partial charge in [0.15, 0.2) is 0 Å². The van der Waals surface area contributed by atoms with E-state index in [-0.39, 0.29) is 0 Å². The molecule has 0 saturated heterocycles. The summed E-state index contributed by atoms with van der Waals surface area (Å²) in [5.74, 6) is 2.25. The highest BCUT2D eigenvalue weighted by molar-refractivity contribution is 7.09. The summed E-state index contributed by atoms with van der Waals surface area (Å²) in [6.45, 7) is 5.34. The first-order valence-corrected chi connectivity index (χ1v) is 7.10. The van der Waals surface area contributed by atoms with Crippen molar-refractivity contribution < 1.29 is 0 Å². The molecule has 0 aromatic carbocycles. The van der Waals surface area contributed by atoms with E-state index >= 15 is 0 Å². The Morgan fingerprint density at radius 3 is 2.69 bits per heavy atom. The molecule has 0 aliphatic heterocycles. The van der Waals surface area contributed by atoms with E-state index in [2.05, 4.69) is 28.5 Å². The zero-order valence-electron chi connectivity index (χ0n) is 10.2. The fraction of sp³-hybridized carbons (Fsp3) is 0.833. The number of nitrogens with one attached hydrogen (secondary N) is 1. The molecular weight excluding hydrogens is 218 g/mol. The van der Waals surface area contributed by atoms with E-state index in [1.165, 1.54) is 43.6 Å². The maximum Gasteiger partial charge on any atom is 0.202 e. The zero-order chi connectivity index (χ0) is 11.4. The van der Waals surface area contributed by atoms with Gasteiger partial charge in [0.2, 0.25) is 5.13 Å². The molecule has 4 heteroatoms. The molecule has 1 fully saturated rings. The van der Waals surface area contributed by atoms with Crippen LogP contribution in [0.3, 0.4) is 0 Å². The lowest BCUT2D eigenvalue weighted by molar-refractivity contribution is 0.373. The predicted molar refractivity (Wildman–Crippen MR) is 69.1 cm³/mol. The molecule has 0 radical (unpaired) electrons. The Hall–Kier alpha value is -0.640. The Kier molecular flexibility index (Phi) is 4.16. The molecule has 1 aliphatic carbocycles. The smallest absolute Gasteiger partial charge is 0.202 e. The Labute approximate surface area is 102 Å². The van der Waals surface area contributed by atoms with Crippen LogP contribution >= 0.6 is 11.5 Å². The lowest BCUT2D eigenvalue weighted by Crippen LogP contribution is -2.17. The molecule has 0 spiro atoms. The first kappa shape index (κ1) is 11.8. The van der Waals surface area contributed by atoms with E-state index in [1.54, 1.807) is 0 Å². The summed E-state index contributed by atoms with van der Waals surface area (Å²) in [5.41, 5.74) is 0. The number of hydrogen-bond acceptors (Lipinski definition) is 4. The molecule has 0 bridgehead atoms. The first-order chi connectivity index (χ1) is 7.75. The molecule has 0 unspecified atom stereocenters. The second-order valence-corrected chi connectivity index (χ2v) is 5.75. The van der Waals surface area contributed by atoms with Crippen molar-refractivity contribution in [3.8, 4) is 0 Å². The van der Waals surface area contributed by atoms with E-state index in [0.29, 0.717) is 5.92 Å². The molecule has 16 heavy (non-hydrogen) atoms. The van der Waals surface area contributed by atoms with Gasteiger partial charge < -0.3 is 5.32 Å². The van der Waals surface area contributed by atoms with Crippen LogP contribution in [-0.2, 0) is 0 Å². The fourth-order valence-electron chi connectivity index (χ4n) is 2.16. The summed E-state index contributed by atoms with van der Waals surface area (Å²) in [6, 6.07) is 0. The minimum absolute atomic E-state index is 0.432. The van der Waals surface area contributed by atoms with Crippen LogP contribution in [0.5, 0.6) is 0 Å². The molecule has 0 amide bonds. The third-order valence-electron chi connectivity index (χ3n) is 3.22. The molecule has 0 atom stereocenters. The van der Waals surface area contributed by atoms with E-state index in [9.17, 15) is 0 Å². The minimum Gasteiger partial charge on any atom is -0.360 e. The summed E-state index contributed by atoms with van der Waals surface area (Å²) in [4.78, 5) is 4.49. The van der Waals surface area contributed by atoms with Crippen LogP contribution in [0.15, 0.2) is 0 Å². The maximum atomic E-state index is 4.49. The van der Waals surface area contributed by atoms with Gasteiger partial charge in [0, 0.05) is 24.0 Å². The monoisotopic (exact) mass is 239 g/mol. The number of hydrogen-bond donors (Lipinski definition) is 1. The summed E-state index contributed by atoms with van der Waals surface area (Å²) in [7, 11) is 0. The third kappa shape index (κ3) is 3.17. The van der Waals surface area contributed by atoms with E-state index < -0.39 is 0 Å². The van der Waals surface area contributed by atoms with Gasteiger partial charge >= 0.3 is 0 Å². The number of rotatable bonds is 4. The average molecular weight is 239 g/mol. The quantitative estimate of drug-likeness (QED) is 0.871. The summed E-state index contributed by atoms with van der Waals surface area (Å²) in [5, 5.41) is 4.43. The van der Waals surface area contributed by atoms with Gasteiger partial charge in [-0.05, 0) is 18.8 Å². The maximum absolute atomic E-state index is 4.49. The third-order valence-corrected chi connectivity index (χ3v) is 3.91. The minimum atomic E-state index is 0.432. The van der Waals surface area contributed by atoms with Crippen LogP contribution in [0.4, 0.5) is 5.13 Å².